The van der Waals surface area contributed by atoms with Crippen molar-refractivity contribution in [2.45, 2.75) is 18.5 Å². The van der Waals surface area contributed by atoms with Gasteiger partial charge in [0.2, 0.25) is 0 Å². The Kier molecular flexibility index (Phi) is 4.66. The van der Waals surface area contributed by atoms with Crippen LogP contribution in [0.1, 0.15) is 17.0 Å². The van der Waals surface area contributed by atoms with Gasteiger partial charge in [0.15, 0.2) is 11.6 Å². The maximum atomic E-state index is 14.0. The first kappa shape index (κ1) is 16.0. The Morgan fingerprint density at radius 2 is 1.70 bits per heavy atom. The van der Waals surface area contributed by atoms with Crippen LogP contribution in [0, 0.1) is 22.7 Å². The number of hydroxylamine groups is 1. The van der Waals surface area contributed by atoms with Crippen molar-refractivity contribution in [1.29, 1.82) is 0 Å². The van der Waals surface area contributed by atoms with Crippen molar-refractivity contribution < 1.29 is 13.2 Å². The van der Waals surface area contributed by atoms with Crippen molar-refractivity contribution >= 4 is 0 Å². The van der Waals surface area contributed by atoms with E-state index in [2.05, 4.69) is 0 Å². The third kappa shape index (κ3) is 3.39. The third-order valence-corrected chi connectivity index (χ3v) is 4.23. The Morgan fingerprint density at radius 3 is 2.39 bits per heavy atom. The number of rotatable bonds is 4. The van der Waals surface area contributed by atoms with Crippen molar-refractivity contribution in [3.05, 3.63) is 76.3 Å². The molecule has 2 aromatic carbocycles. The first-order valence-electron chi connectivity index (χ1n) is 7.37. The highest BCUT2D eigenvalue weighted by Gasteiger charge is 2.34. The number of nitrogens with one attached hydrogen (secondary N) is 1. The predicted octanol–water partition coefficient (Wildman–Crippen LogP) is 3.16. The fourth-order valence-corrected chi connectivity index (χ4v) is 3.11. The quantitative estimate of drug-likeness (QED) is 0.694. The van der Waals surface area contributed by atoms with E-state index in [1.165, 1.54) is 0 Å². The highest BCUT2D eigenvalue weighted by Crippen LogP contribution is 2.31. The molecule has 1 aliphatic heterocycles. The van der Waals surface area contributed by atoms with E-state index in [4.69, 9.17) is 0 Å². The molecule has 3 rings (SSSR count). The van der Waals surface area contributed by atoms with Crippen molar-refractivity contribution in [3.63, 3.8) is 0 Å². The molecule has 2 atom stereocenters. The molecule has 1 N–H and O–H groups in total. The van der Waals surface area contributed by atoms with Gasteiger partial charge in [0.05, 0.1) is 0 Å². The van der Waals surface area contributed by atoms with Crippen LogP contribution in [0.25, 0.3) is 0 Å². The van der Waals surface area contributed by atoms with E-state index in [9.17, 15) is 18.4 Å². The number of hydrogen-bond acceptors (Lipinski definition) is 3. The molecular weight excluding hydrogens is 305 g/mol. The van der Waals surface area contributed by atoms with E-state index in [0.717, 1.165) is 11.6 Å². The number of nitrogens with zero attached hydrogens (tertiary/aromatic N) is 1. The predicted molar refractivity (Wildman–Crippen MR) is 81.1 cm³/mol. The smallest absolute Gasteiger partial charge is 0.161 e. The summed E-state index contributed by atoms with van der Waals surface area (Å²) in [4.78, 5) is 2.00. The topological polar surface area (TPSA) is 38.3 Å². The Bertz CT molecular complexity index is 681. The van der Waals surface area contributed by atoms with E-state index in [-0.39, 0.29) is 5.56 Å². The van der Waals surface area contributed by atoms with E-state index in [1.54, 1.807) is 0 Å². The second kappa shape index (κ2) is 6.70. The first-order valence-corrected chi connectivity index (χ1v) is 7.37. The highest BCUT2D eigenvalue weighted by molar-refractivity contribution is 5.28. The molecule has 3 nitrogen and oxygen atoms in total. The zero-order chi connectivity index (χ0) is 16.4. The van der Waals surface area contributed by atoms with Gasteiger partial charge in [-0.15, -0.1) is 0 Å². The van der Waals surface area contributed by atoms with Gasteiger partial charge in [0.25, 0.3) is 0 Å². The minimum Gasteiger partial charge on any atom is -0.787 e. The fraction of sp³-hybridized carbons (Fsp3) is 0.294. The minimum absolute atomic E-state index is 0.0350. The zero-order valence-corrected chi connectivity index (χ0v) is 12.3. The first-order chi connectivity index (χ1) is 11.1. The van der Waals surface area contributed by atoms with Crippen LogP contribution in [0.5, 0.6) is 0 Å². The van der Waals surface area contributed by atoms with Gasteiger partial charge >= 0.3 is 0 Å². The van der Waals surface area contributed by atoms with Crippen LogP contribution in [0.4, 0.5) is 13.2 Å². The molecule has 1 heterocycles. The van der Waals surface area contributed by atoms with Gasteiger partial charge in [-0.1, -0.05) is 30.3 Å². The summed E-state index contributed by atoms with van der Waals surface area (Å²) in [5.41, 5.74) is 3.02. The summed E-state index contributed by atoms with van der Waals surface area (Å²) in [6.45, 7) is 1.43. The summed E-state index contributed by atoms with van der Waals surface area (Å²) in [5, 5.41) is 11.2. The van der Waals surface area contributed by atoms with Gasteiger partial charge in [-0.05, 0) is 17.2 Å². The molecule has 2 aromatic rings. The van der Waals surface area contributed by atoms with E-state index in [1.807, 2.05) is 40.7 Å². The molecule has 0 spiro atoms. The molecule has 0 bridgehead atoms. The van der Waals surface area contributed by atoms with Gasteiger partial charge in [-0.3, -0.25) is 4.90 Å². The van der Waals surface area contributed by atoms with Crippen molar-refractivity contribution in [2.24, 2.45) is 0 Å². The molecule has 1 fully saturated rings. The molecule has 122 valence electrons. The van der Waals surface area contributed by atoms with Gasteiger partial charge in [-0.2, -0.15) is 0 Å². The molecule has 0 radical (unpaired) electrons. The van der Waals surface area contributed by atoms with Crippen molar-refractivity contribution in [2.75, 3.05) is 13.1 Å². The van der Waals surface area contributed by atoms with Gasteiger partial charge in [-0.25, -0.2) is 13.2 Å². The molecule has 0 aromatic heterocycles. The second-order valence-corrected chi connectivity index (χ2v) is 5.80. The average molecular weight is 321 g/mol. The summed E-state index contributed by atoms with van der Waals surface area (Å²) in [5.74, 6) is -3.67. The van der Waals surface area contributed by atoms with Crippen LogP contribution in [0.2, 0.25) is 0 Å². The Morgan fingerprint density at radius 1 is 1.00 bits per heavy atom. The Labute approximate surface area is 132 Å². The van der Waals surface area contributed by atoms with Crippen LogP contribution in [0.15, 0.2) is 42.5 Å². The summed E-state index contributed by atoms with van der Waals surface area (Å²) in [6, 6.07) is 10.5. The molecule has 0 unspecified atom stereocenters. The molecule has 0 saturated carbocycles. The lowest BCUT2D eigenvalue weighted by atomic mass is 9.94. The largest absolute Gasteiger partial charge is 0.787 e. The summed E-state index contributed by atoms with van der Waals surface area (Å²) < 4.78 is 40.5. The second-order valence-electron chi connectivity index (χ2n) is 5.80. The monoisotopic (exact) mass is 321 g/mol. The Balaban J connectivity index is 1.81. The van der Waals surface area contributed by atoms with Crippen LogP contribution < -0.4 is 5.48 Å². The lowest BCUT2D eigenvalue weighted by Gasteiger charge is -2.23. The van der Waals surface area contributed by atoms with Crippen LogP contribution in [-0.2, 0) is 6.54 Å². The third-order valence-electron chi connectivity index (χ3n) is 4.23. The number of halogens is 3. The van der Waals surface area contributed by atoms with E-state index >= 15 is 0 Å². The normalized spacial score (nSPS) is 21.7. The zero-order valence-electron chi connectivity index (χ0n) is 12.3. The van der Waals surface area contributed by atoms with E-state index in [0.29, 0.717) is 25.7 Å². The molecule has 1 saturated heterocycles. The minimum atomic E-state index is -1.22. The molecular formula is C17H16F3N2O-. The summed E-state index contributed by atoms with van der Waals surface area (Å²) >= 11 is 0. The van der Waals surface area contributed by atoms with Gasteiger partial charge in [0, 0.05) is 37.7 Å². The van der Waals surface area contributed by atoms with Crippen molar-refractivity contribution in [1.82, 2.24) is 10.4 Å². The van der Waals surface area contributed by atoms with Gasteiger partial charge < -0.3 is 10.7 Å². The summed E-state index contributed by atoms with van der Waals surface area (Å²) in [7, 11) is 0. The lowest BCUT2D eigenvalue weighted by molar-refractivity contribution is 0.321. The number of likely N-dealkylation sites (tertiary alicyclic amines) is 1. The molecule has 1 aliphatic rings. The fourth-order valence-electron chi connectivity index (χ4n) is 3.11. The highest BCUT2D eigenvalue weighted by atomic mass is 19.2. The number of benzene rings is 2. The van der Waals surface area contributed by atoms with Crippen LogP contribution >= 0.6 is 0 Å². The number of hydrogen-bond donors (Lipinski definition) is 1. The molecule has 0 aliphatic carbocycles. The van der Waals surface area contributed by atoms with Crippen LogP contribution in [-0.4, -0.2) is 24.0 Å². The van der Waals surface area contributed by atoms with E-state index < -0.39 is 29.4 Å². The lowest BCUT2D eigenvalue weighted by Crippen LogP contribution is -2.31. The van der Waals surface area contributed by atoms with Crippen LogP contribution in [0.3, 0.4) is 0 Å². The van der Waals surface area contributed by atoms with Gasteiger partial charge in [0.1, 0.15) is 5.82 Å². The maximum Gasteiger partial charge on any atom is 0.161 e. The van der Waals surface area contributed by atoms with Crippen molar-refractivity contribution in [3.8, 4) is 0 Å². The maximum absolute atomic E-state index is 14.0. The summed E-state index contributed by atoms with van der Waals surface area (Å²) in [6.07, 6.45) is 0. The average Bonchev–Trinajstić information content (AvgIpc) is 2.94. The SMILES string of the molecule is [O-]N[C@H]1CN(Cc2ccccc2)C[C@@H]1c1cc(F)c(F)cc1F. The molecule has 23 heavy (non-hydrogen) atoms. The molecule has 0 amide bonds. The standard InChI is InChI=1S/C17H16F3N2O/c18-14-7-16(20)15(19)6-12(14)13-9-22(10-17(13)21-23)8-11-4-2-1-3-5-11/h1-7,13,17,21H,8-10H2/q-1/t13-,17+/m1/s1. The Hall–Kier alpha value is -1.89. The molecule has 6 heteroatoms.